The molecule has 0 saturated heterocycles. The van der Waals surface area contributed by atoms with Crippen molar-refractivity contribution in [2.45, 2.75) is 13.0 Å². The number of carbonyl (C=O) groups excluding carboxylic acids is 1. The summed E-state index contributed by atoms with van der Waals surface area (Å²) in [5.74, 6) is -0.105. The Bertz CT molecular complexity index is 1120. The Morgan fingerprint density at radius 1 is 0.933 bits per heavy atom. The Balaban J connectivity index is 1.82. The van der Waals surface area contributed by atoms with Crippen molar-refractivity contribution >= 4 is 27.3 Å². The van der Waals surface area contributed by atoms with E-state index in [1.807, 2.05) is 18.2 Å². The molecule has 156 valence electrons. The van der Waals surface area contributed by atoms with Crippen LogP contribution < -0.4 is 14.4 Å². The van der Waals surface area contributed by atoms with E-state index < -0.39 is 27.8 Å². The fourth-order valence-electron chi connectivity index (χ4n) is 2.89. The lowest BCUT2D eigenvalue weighted by molar-refractivity contribution is -0.116. The minimum Gasteiger partial charge on any atom is -0.457 e. The van der Waals surface area contributed by atoms with Gasteiger partial charge >= 0.3 is 0 Å². The van der Waals surface area contributed by atoms with Crippen molar-refractivity contribution in [3.05, 3.63) is 84.7 Å². The SMILES string of the molecule is C[C@H](C(=O)Nc1ccccc1F)N(c1ccc(Oc2ccccc2)cc1)S(C)(=O)=O. The summed E-state index contributed by atoms with van der Waals surface area (Å²) in [4.78, 5) is 12.6. The van der Waals surface area contributed by atoms with E-state index in [2.05, 4.69) is 5.32 Å². The number of amides is 1. The molecule has 1 N–H and O–H groups in total. The van der Waals surface area contributed by atoms with E-state index in [0.29, 0.717) is 11.5 Å². The summed E-state index contributed by atoms with van der Waals surface area (Å²) in [5, 5.41) is 2.43. The zero-order valence-corrected chi connectivity index (χ0v) is 17.3. The summed E-state index contributed by atoms with van der Waals surface area (Å²) < 4.78 is 45.4. The summed E-state index contributed by atoms with van der Waals surface area (Å²) in [6, 6.07) is 20.0. The molecular weight excluding hydrogens is 407 g/mol. The average Bonchev–Trinajstić information content (AvgIpc) is 2.71. The lowest BCUT2D eigenvalue weighted by atomic mass is 10.2. The van der Waals surface area contributed by atoms with Crippen molar-refractivity contribution in [3.63, 3.8) is 0 Å². The second-order valence-electron chi connectivity index (χ2n) is 6.61. The third-order valence-corrected chi connectivity index (χ3v) is 5.53. The van der Waals surface area contributed by atoms with Gasteiger partial charge in [0.1, 0.15) is 23.4 Å². The summed E-state index contributed by atoms with van der Waals surface area (Å²) in [5.41, 5.74) is 0.267. The van der Waals surface area contributed by atoms with E-state index >= 15 is 0 Å². The normalized spacial score (nSPS) is 12.1. The van der Waals surface area contributed by atoms with Crippen molar-refractivity contribution < 1.29 is 22.3 Å². The molecule has 1 amide bonds. The van der Waals surface area contributed by atoms with E-state index in [1.165, 1.54) is 25.1 Å². The molecule has 0 aliphatic heterocycles. The van der Waals surface area contributed by atoms with Crippen LogP contribution in [-0.2, 0) is 14.8 Å². The number of ether oxygens (including phenoxy) is 1. The fourth-order valence-corrected chi connectivity index (χ4v) is 4.07. The van der Waals surface area contributed by atoms with Gasteiger partial charge in [0.25, 0.3) is 0 Å². The monoisotopic (exact) mass is 428 g/mol. The molecule has 30 heavy (non-hydrogen) atoms. The zero-order chi connectivity index (χ0) is 21.7. The molecule has 0 saturated carbocycles. The molecule has 3 aromatic carbocycles. The van der Waals surface area contributed by atoms with Crippen molar-refractivity contribution in [1.29, 1.82) is 0 Å². The van der Waals surface area contributed by atoms with Crippen molar-refractivity contribution in [2.24, 2.45) is 0 Å². The van der Waals surface area contributed by atoms with Gasteiger partial charge in [0.2, 0.25) is 15.9 Å². The standard InChI is InChI=1S/C22H21FN2O4S/c1-16(22(26)24-21-11-7-6-10-20(21)23)25(30(2,27)28)17-12-14-19(15-13-17)29-18-8-4-3-5-9-18/h3-16H,1-2H3,(H,24,26)/t16-/m1/s1. The second kappa shape index (κ2) is 8.96. The first kappa shape index (κ1) is 21.3. The van der Waals surface area contributed by atoms with Crippen LogP contribution in [0, 0.1) is 5.82 Å². The van der Waals surface area contributed by atoms with Gasteiger partial charge < -0.3 is 10.1 Å². The third-order valence-electron chi connectivity index (χ3n) is 4.29. The zero-order valence-electron chi connectivity index (χ0n) is 16.4. The minimum atomic E-state index is -3.80. The van der Waals surface area contributed by atoms with Gasteiger partial charge in [0.15, 0.2) is 0 Å². The molecule has 3 aromatic rings. The van der Waals surface area contributed by atoms with E-state index in [1.54, 1.807) is 42.5 Å². The van der Waals surface area contributed by atoms with Crippen molar-refractivity contribution in [3.8, 4) is 11.5 Å². The first-order valence-corrected chi connectivity index (χ1v) is 11.0. The topological polar surface area (TPSA) is 75.7 Å². The highest BCUT2D eigenvalue weighted by atomic mass is 32.2. The molecule has 0 spiro atoms. The lowest BCUT2D eigenvalue weighted by Gasteiger charge is -2.28. The molecule has 0 bridgehead atoms. The number of nitrogens with one attached hydrogen (secondary N) is 1. The first-order chi connectivity index (χ1) is 14.3. The first-order valence-electron chi connectivity index (χ1n) is 9.13. The Morgan fingerprint density at radius 2 is 1.50 bits per heavy atom. The predicted octanol–water partition coefficient (Wildman–Crippen LogP) is 4.41. The molecule has 0 fully saturated rings. The van der Waals surface area contributed by atoms with Crippen LogP contribution in [0.3, 0.4) is 0 Å². The van der Waals surface area contributed by atoms with Crippen molar-refractivity contribution in [1.82, 2.24) is 0 Å². The van der Waals surface area contributed by atoms with Gasteiger partial charge in [-0.15, -0.1) is 0 Å². The maximum absolute atomic E-state index is 13.8. The van der Waals surface area contributed by atoms with Crippen LogP contribution in [0.4, 0.5) is 15.8 Å². The number of hydrogen-bond donors (Lipinski definition) is 1. The maximum Gasteiger partial charge on any atom is 0.248 e. The smallest absolute Gasteiger partial charge is 0.248 e. The Morgan fingerprint density at radius 3 is 2.10 bits per heavy atom. The molecule has 0 radical (unpaired) electrons. The number of rotatable bonds is 7. The van der Waals surface area contributed by atoms with Gasteiger partial charge in [-0.05, 0) is 55.5 Å². The highest BCUT2D eigenvalue weighted by Crippen LogP contribution is 2.27. The summed E-state index contributed by atoms with van der Waals surface area (Å²) in [7, 11) is -3.80. The minimum absolute atomic E-state index is 0.0191. The number of nitrogens with zero attached hydrogens (tertiary/aromatic N) is 1. The van der Waals surface area contributed by atoms with E-state index in [-0.39, 0.29) is 11.4 Å². The van der Waals surface area contributed by atoms with Crippen LogP contribution in [0.1, 0.15) is 6.92 Å². The fraction of sp³-hybridized carbons (Fsp3) is 0.136. The molecule has 1 atom stereocenters. The van der Waals surface area contributed by atoms with Crippen LogP contribution in [0.2, 0.25) is 0 Å². The van der Waals surface area contributed by atoms with Gasteiger partial charge in [-0.1, -0.05) is 30.3 Å². The van der Waals surface area contributed by atoms with Gasteiger partial charge in [-0.3, -0.25) is 9.10 Å². The molecule has 3 rings (SSSR count). The molecule has 0 aliphatic carbocycles. The third kappa shape index (κ3) is 5.15. The number of carbonyl (C=O) groups is 1. The maximum atomic E-state index is 13.8. The van der Waals surface area contributed by atoms with Crippen LogP contribution in [0.5, 0.6) is 11.5 Å². The van der Waals surface area contributed by atoms with Gasteiger partial charge in [0, 0.05) is 0 Å². The van der Waals surface area contributed by atoms with Crippen LogP contribution in [0.25, 0.3) is 0 Å². The Hall–Kier alpha value is -3.39. The second-order valence-corrected chi connectivity index (χ2v) is 8.47. The van der Waals surface area contributed by atoms with E-state index in [4.69, 9.17) is 4.74 Å². The predicted molar refractivity (Wildman–Crippen MR) is 115 cm³/mol. The number of para-hydroxylation sites is 2. The molecule has 0 aliphatic rings. The highest BCUT2D eigenvalue weighted by Gasteiger charge is 2.29. The number of sulfonamides is 1. The van der Waals surface area contributed by atoms with Gasteiger partial charge in [0.05, 0.1) is 17.6 Å². The van der Waals surface area contributed by atoms with Crippen LogP contribution in [0.15, 0.2) is 78.9 Å². The number of halogens is 1. The molecular formula is C22H21FN2O4S. The average molecular weight is 428 g/mol. The lowest BCUT2D eigenvalue weighted by Crippen LogP contribution is -2.45. The molecule has 0 unspecified atom stereocenters. The highest BCUT2D eigenvalue weighted by molar-refractivity contribution is 7.92. The van der Waals surface area contributed by atoms with Gasteiger partial charge in [-0.25, -0.2) is 12.8 Å². The summed E-state index contributed by atoms with van der Waals surface area (Å²) in [6.45, 7) is 1.44. The number of hydrogen-bond acceptors (Lipinski definition) is 4. The molecule has 6 nitrogen and oxygen atoms in total. The molecule has 0 heterocycles. The van der Waals surface area contributed by atoms with Crippen molar-refractivity contribution in [2.75, 3.05) is 15.9 Å². The van der Waals surface area contributed by atoms with Crippen LogP contribution >= 0.6 is 0 Å². The Labute approximate surface area is 175 Å². The number of benzene rings is 3. The number of anilines is 2. The molecule has 8 heteroatoms. The van der Waals surface area contributed by atoms with Crippen LogP contribution in [-0.4, -0.2) is 26.6 Å². The molecule has 0 aromatic heterocycles. The van der Waals surface area contributed by atoms with E-state index in [9.17, 15) is 17.6 Å². The Kier molecular flexibility index (Phi) is 6.37. The summed E-state index contributed by atoms with van der Waals surface area (Å²) in [6.07, 6.45) is 1.01. The van der Waals surface area contributed by atoms with Gasteiger partial charge in [-0.2, -0.15) is 0 Å². The van der Waals surface area contributed by atoms with E-state index in [0.717, 1.165) is 10.6 Å². The largest absolute Gasteiger partial charge is 0.457 e. The summed E-state index contributed by atoms with van der Waals surface area (Å²) >= 11 is 0. The quantitative estimate of drug-likeness (QED) is 0.605.